The average molecular weight is 434 g/mol. The van der Waals surface area contributed by atoms with E-state index in [2.05, 4.69) is 39.9 Å². The number of nitrogens with one attached hydrogen (secondary N) is 2. The van der Waals surface area contributed by atoms with Crippen molar-refractivity contribution in [2.75, 3.05) is 13.3 Å². The highest BCUT2D eigenvalue weighted by Crippen LogP contribution is 2.26. The van der Waals surface area contributed by atoms with Crippen molar-refractivity contribution in [3.8, 4) is 0 Å². The van der Waals surface area contributed by atoms with Crippen LogP contribution in [0.4, 0.5) is 0 Å². The van der Waals surface area contributed by atoms with Crippen molar-refractivity contribution in [2.24, 2.45) is 4.99 Å². The van der Waals surface area contributed by atoms with Gasteiger partial charge in [0.25, 0.3) is 0 Å². The van der Waals surface area contributed by atoms with Crippen LogP contribution in [0.5, 0.6) is 0 Å². The predicted octanol–water partition coefficient (Wildman–Crippen LogP) is 3.35. The highest BCUT2D eigenvalue weighted by molar-refractivity contribution is 14.0. The van der Waals surface area contributed by atoms with Gasteiger partial charge in [0.05, 0.1) is 12.2 Å². The van der Waals surface area contributed by atoms with Crippen molar-refractivity contribution < 1.29 is 0 Å². The van der Waals surface area contributed by atoms with Gasteiger partial charge in [0.2, 0.25) is 0 Å². The number of nitrogens with zero attached hydrogens (tertiary/aromatic N) is 2. The summed E-state index contributed by atoms with van der Waals surface area (Å²) in [7, 11) is 1.83. The molecule has 22 heavy (non-hydrogen) atoms. The Labute approximate surface area is 155 Å². The summed E-state index contributed by atoms with van der Waals surface area (Å²) >= 11 is 1.99. The maximum Gasteiger partial charge on any atom is 0.191 e. The van der Waals surface area contributed by atoms with Crippen LogP contribution in [0.2, 0.25) is 0 Å². The zero-order valence-electron chi connectivity index (χ0n) is 13.6. The van der Waals surface area contributed by atoms with Gasteiger partial charge in [-0.25, -0.2) is 0 Å². The molecular formula is C16H27IN4S. The fraction of sp³-hybridized carbons (Fsp3) is 0.625. The zero-order chi connectivity index (χ0) is 15.1. The summed E-state index contributed by atoms with van der Waals surface area (Å²) in [5.41, 5.74) is 2.28. The maximum atomic E-state index is 4.41. The van der Waals surface area contributed by atoms with Gasteiger partial charge in [0.15, 0.2) is 5.96 Å². The second-order valence-electron chi connectivity index (χ2n) is 5.56. The van der Waals surface area contributed by atoms with E-state index in [4.69, 9.17) is 0 Å². The van der Waals surface area contributed by atoms with Crippen LogP contribution in [0.15, 0.2) is 23.3 Å². The highest BCUT2D eigenvalue weighted by atomic mass is 127. The van der Waals surface area contributed by atoms with Crippen LogP contribution in [-0.2, 0) is 6.54 Å². The third-order valence-corrected chi connectivity index (χ3v) is 5.16. The van der Waals surface area contributed by atoms with Crippen LogP contribution in [0, 0.1) is 6.92 Å². The Hall–Kier alpha value is -0.500. The molecule has 2 N–H and O–H groups in total. The van der Waals surface area contributed by atoms with Gasteiger partial charge in [-0.2, -0.15) is 11.8 Å². The Morgan fingerprint density at radius 3 is 2.95 bits per heavy atom. The molecule has 1 aromatic heterocycles. The largest absolute Gasteiger partial charge is 0.354 e. The van der Waals surface area contributed by atoms with Crippen molar-refractivity contribution in [1.29, 1.82) is 0 Å². The summed E-state index contributed by atoms with van der Waals surface area (Å²) in [4.78, 5) is 8.75. The van der Waals surface area contributed by atoms with Crippen LogP contribution in [0.3, 0.4) is 0 Å². The quantitative estimate of drug-likeness (QED) is 0.434. The third kappa shape index (κ3) is 5.95. The standard InChI is InChI=1S/C16H26N4S.HI/c1-12-6-5-9-18-15(12)11-19-16(17-2)20-13-7-4-8-14(10-13)21-3;/h5-6,9,13-14H,4,7-8,10-11H2,1-3H3,(H2,17,19,20);1H. The molecule has 1 aliphatic carbocycles. The molecule has 0 aliphatic heterocycles. The molecule has 4 nitrogen and oxygen atoms in total. The minimum atomic E-state index is 0. The fourth-order valence-electron chi connectivity index (χ4n) is 2.75. The Morgan fingerprint density at radius 2 is 2.27 bits per heavy atom. The van der Waals surface area contributed by atoms with Gasteiger partial charge in [-0.15, -0.1) is 24.0 Å². The number of hydrogen-bond acceptors (Lipinski definition) is 3. The van der Waals surface area contributed by atoms with Crippen molar-refractivity contribution in [3.63, 3.8) is 0 Å². The Morgan fingerprint density at radius 1 is 1.45 bits per heavy atom. The third-order valence-electron chi connectivity index (χ3n) is 4.07. The molecule has 0 aromatic carbocycles. The maximum absolute atomic E-state index is 4.41. The van der Waals surface area contributed by atoms with Gasteiger partial charge in [-0.1, -0.05) is 12.5 Å². The number of hydrogen-bond donors (Lipinski definition) is 2. The van der Waals surface area contributed by atoms with E-state index in [1.807, 2.05) is 31.1 Å². The van der Waals surface area contributed by atoms with E-state index in [0.717, 1.165) is 16.9 Å². The molecule has 1 saturated carbocycles. The van der Waals surface area contributed by atoms with Gasteiger partial charge in [0, 0.05) is 24.5 Å². The summed E-state index contributed by atoms with van der Waals surface area (Å²) in [6, 6.07) is 4.59. The highest BCUT2D eigenvalue weighted by Gasteiger charge is 2.21. The second-order valence-corrected chi connectivity index (χ2v) is 6.70. The minimum absolute atomic E-state index is 0. The molecule has 0 saturated heterocycles. The van der Waals surface area contributed by atoms with Crippen molar-refractivity contribution in [3.05, 3.63) is 29.6 Å². The first-order valence-electron chi connectivity index (χ1n) is 7.63. The lowest BCUT2D eigenvalue weighted by molar-refractivity contribution is 0.419. The summed E-state index contributed by atoms with van der Waals surface area (Å²) in [5.74, 6) is 0.881. The van der Waals surface area contributed by atoms with E-state index in [1.54, 1.807) is 0 Å². The monoisotopic (exact) mass is 434 g/mol. The number of aliphatic imine (C=N–C) groups is 1. The van der Waals surface area contributed by atoms with Crippen LogP contribution < -0.4 is 10.6 Å². The first-order chi connectivity index (χ1) is 10.2. The summed E-state index contributed by atoms with van der Waals surface area (Å²) in [6.07, 6.45) is 9.16. The smallest absolute Gasteiger partial charge is 0.191 e. The normalized spacial score (nSPS) is 21.9. The van der Waals surface area contributed by atoms with E-state index < -0.39 is 0 Å². The van der Waals surface area contributed by atoms with Gasteiger partial charge in [-0.3, -0.25) is 9.98 Å². The van der Waals surface area contributed by atoms with Crippen molar-refractivity contribution >= 4 is 41.7 Å². The molecule has 1 fully saturated rings. The van der Waals surface area contributed by atoms with Crippen molar-refractivity contribution in [2.45, 2.75) is 50.4 Å². The second kappa shape index (κ2) is 10.3. The van der Waals surface area contributed by atoms with Crippen LogP contribution >= 0.6 is 35.7 Å². The molecule has 1 aromatic rings. The number of pyridine rings is 1. The Balaban J connectivity index is 0.00000242. The fourth-order valence-corrected chi connectivity index (χ4v) is 3.58. The number of aryl methyl sites for hydroxylation is 1. The Kier molecular flexibility index (Phi) is 9.16. The molecule has 1 aliphatic rings. The van der Waals surface area contributed by atoms with Crippen molar-refractivity contribution in [1.82, 2.24) is 15.6 Å². The number of halogens is 1. The first-order valence-corrected chi connectivity index (χ1v) is 8.92. The molecule has 1 heterocycles. The molecule has 0 radical (unpaired) electrons. The van der Waals surface area contributed by atoms with Gasteiger partial charge in [-0.05, 0) is 44.1 Å². The van der Waals surface area contributed by atoms with E-state index in [1.165, 1.54) is 31.2 Å². The van der Waals surface area contributed by atoms with Crippen LogP contribution in [0.1, 0.15) is 36.9 Å². The lowest BCUT2D eigenvalue weighted by Crippen LogP contribution is -2.45. The Bertz CT molecular complexity index is 481. The van der Waals surface area contributed by atoms with Gasteiger partial charge >= 0.3 is 0 Å². The molecule has 2 rings (SSSR count). The molecule has 2 atom stereocenters. The van der Waals surface area contributed by atoms with E-state index in [9.17, 15) is 0 Å². The molecule has 0 spiro atoms. The molecule has 0 amide bonds. The molecular weight excluding hydrogens is 407 g/mol. The molecule has 6 heteroatoms. The minimum Gasteiger partial charge on any atom is -0.354 e. The SMILES string of the molecule is CN=C(NCc1ncccc1C)NC1CCCC(SC)C1.I. The number of aromatic nitrogens is 1. The predicted molar refractivity (Wildman–Crippen MR) is 107 cm³/mol. The van der Waals surface area contributed by atoms with E-state index in [0.29, 0.717) is 12.6 Å². The zero-order valence-corrected chi connectivity index (χ0v) is 16.8. The summed E-state index contributed by atoms with van der Waals surface area (Å²) < 4.78 is 0. The van der Waals surface area contributed by atoms with Crippen LogP contribution in [-0.4, -0.2) is 35.5 Å². The summed E-state index contributed by atoms with van der Waals surface area (Å²) in [5, 5.41) is 7.72. The lowest BCUT2D eigenvalue weighted by Gasteiger charge is -2.29. The molecule has 2 unspecified atom stereocenters. The lowest BCUT2D eigenvalue weighted by atomic mass is 9.95. The number of thioether (sulfide) groups is 1. The number of guanidine groups is 1. The number of rotatable bonds is 4. The molecule has 0 bridgehead atoms. The van der Waals surface area contributed by atoms with E-state index >= 15 is 0 Å². The molecule has 124 valence electrons. The summed E-state index contributed by atoms with van der Waals surface area (Å²) in [6.45, 7) is 2.80. The van der Waals surface area contributed by atoms with Gasteiger partial charge < -0.3 is 10.6 Å². The van der Waals surface area contributed by atoms with E-state index in [-0.39, 0.29) is 24.0 Å². The average Bonchev–Trinajstić information content (AvgIpc) is 2.53. The topological polar surface area (TPSA) is 49.3 Å². The first kappa shape index (κ1) is 19.5. The van der Waals surface area contributed by atoms with Crippen LogP contribution in [0.25, 0.3) is 0 Å². The van der Waals surface area contributed by atoms with Gasteiger partial charge in [0.1, 0.15) is 0 Å².